The Balaban J connectivity index is 2.07. The van der Waals surface area contributed by atoms with E-state index in [9.17, 15) is 4.79 Å². The van der Waals surface area contributed by atoms with Gasteiger partial charge in [-0.2, -0.15) is 0 Å². The van der Waals surface area contributed by atoms with Crippen molar-refractivity contribution in [2.75, 3.05) is 33.9 Å². The van der Waals surface area contributed by atoms with Crippen molar-refractivity contribution in [1.29, 1.82) is 0 Å². The molecule has 0 unspecified atom stereocenters. The van der Waals surface area contributed by atoms with Crippen LogP contribution in [0.25, 0.3) is 0 Å². The molecule has 1 amide bonds. The number of benzene rings is 1. The number of methoxy groups -OCH3 is 2. The molecule has 3 N–H and O–H groups in total. The van der Waals surface area contributed by atoms with Gasteiger partial charge in [-0.05, 0) is 45.4 Å². The van der Waals surface area contributed by atoms with Gasteiger partial charge >= 0.3 is 6.09 Å². The largest absolute Gasteiger partial charge is 0.497 e. The Morgan fingerprint density at radius 2 is 2.08 bits per heavy atom. The van der Waals surface area contributed by atoms with Gasteiger partial charge in [0.2, 0.25) is 0 Å². The van der Waals surface area contributed by atoms with Crippen LogP contribution in [-0.2, 0) is 4.74 Å². The summed E-state index contributed by atoms with van der Waals surface area (Å²) in [5, 5.41) is 2.95. The van der Waals surface area contributed by atoms with E-state index in [0.29, 0.717) is 13.1 Å². The number of nitrogens with zero attached hydrogens (tertiary/aromatic N) is 1. The molecule has 2 atom stereocenters. The van der Waals surface area contributed by atoms with E-state index >= 15 is 0 Å². The molecule has 1 aromatic rings. The number of alkyl carbamates (subject to hydrolysis) is 1. The molecule has 0 spiro atoms. The predicted octanol–water partition coefficient (Wildman–Crippen LogP) is 2.30. The lowest BCUT2D eigenvalue weighted by Crippen LogP contribution is -2.41. The average molecular weight is 365 g/mol. The van der Waals surface area contributed by atoms with Crippen LogP contribution in [0.15, 0.2) is 18.2 Å². The van der Waals surface area contributed by atoms with E-state index in [1.54, 1.807) is 14.2 Å². The highest BCUT2D eigenvalue weighted by Crippen LogP contribution is 2.34. The number of hydrogen-bond acceptors (Lipinski definition) is 6. The topological polar surface area (TPSA) is 86.1 Å². The first-order chi connectivity index (χ1) is 12.3. The third kappa shape index (κ3) is 5.25. The first-order valence-electron chi connectivity index (χ1n) is 8.93. The van der Waals surface area contributed by atoms with Gasteiger partial charge < -0.3 is 25.3 Å². The maximum Gasteiger partial charge on any atom is 0.407 e. The Labute approximate surface area is 155 Å². The standard InChI is InChI=1S/C19H31N3O4/c1-19(2,3)26-18(23)21-13-8-9-22(12-13)16(11-20)15-10-14(24-4)6-7-17(15)25-5/h6-7,10,13,16H,8-9,11-12,20H2,1-5H3,(H,21,23)/t13-,16+/m1/s1. The molecule has 1 fully saturated rings. The summed E-state index contributed by atoms with van der Waals surface area (Å²) in [5.74, 6) is 1.55. The molecule has 7 heteroatoms. The van der Waals surface area contributed by atoms with E-state index in [0.717, 1.165) is 30.0 Å². The van der Waals surface area contributed by atoms with Gasteiger partial charge in [-0.15, -0.1) is 0 Å². The van der Waals surface area contributed by atoms with Crippen LogP contribution >= 0.6 is 0 Å². The number of nitrogens with one attached hydrogen (secondary N) is 1. The highest BCUT2D eigenvalue weighted by Gasteiger charge is 2.31. The van der Waals surface area contributed by atoms with Crippen molar-refractivity contribution in [2.45, 2.75) is 44.9 Å². The van der Waals surface area contributed by atoms with Crippen molar-refractivity contribution in [3.8, 4) is 11.5 Å². The third-order valence-corrected chi connectivity index (χ3v) is 4.40. The maximum atomic E-state index is 12.0. The molecule has 1 aromatic carbocycles. The van der Waals surface area contributed by atoms with Gasteiger partial charge in [0.25, 0.3) is 0 Å². The van der Waals surface area contributed by atoms with Crippen molar-refractivity contribution < 1.29 is 19.0 Å². The molecule has 1 aliphatic heterocycles. The minimum atomic E-state index is -0.504. The fraction of sp³-hybridized carbons (Fsp3) is 0.632. The maximum absolute atomic E-state index is 12.0. The van der Waals surface area contributed by atoms with Crippen LogP contribution in [0.1, 0.15) is 38.8 Å². The third-order valence-electron chi connectivity index (χ3n) is 4.40. The van der Waals surface area contributed by atoms with Gasteiger partial charge in [-0.25, -0.2) is 4.79 Å². The fourth-order valence-electron chi connectivity index (χ4n) is 3.23. The summed E-state index contributed by atoms with van der Waals surface area (Å²) >= 11 is 0. The molecule has 1 saturated heterocycles. The molecule has 1 aliphatic rings. The number of ether oxygens (including phenoxy) is 3. The molecular formula is C19H31N3O4. The molecule has 0 aromatic heterocycles. The minimum absolute atomic E-state index is 0.00881. The lowest BCUT2D eigenvalue weighted by Gasteiger charge is -2.29. The molecule has 2 rings (SSSR count). The number of likely N-dealkylation sites (tertiary alicyclic amines) is 1. The van der Waals surface area contributed by atoms with Crippen LogP contribution in [0.4, 0.5) is 4.79 Å². The SMILES string of the molecule is COc1ccc(OC)c([C@H](CN)N2CC[C@@H](NC(=O)OC(C)(C)C)C2)c1. The molecule has 0 radical (unpaired) electrons. The van der Waals surface area contributed by atoms with Crippen molar-refractivity contribution in [3.63, 3.8) is 0 Å². The highest BCUT2D eigenvalue weighted by atomic mass is 16.6. The second-order valence-corrected chi connectivity index (χ2v) is 7.49. The normalized spacial score (nSPS) is 19.1. The zero-order valence-electron chi connectivity index (χ0n) is 16.4. The first kappa shape index (κ1) is 20.3. The molecule has 26 heavy (non-hydrogen) atoms. The Morgan fingerprint density at radius 3 is 2.65 bits per heavy atom. The summed E-state index contributed by atoms with van der Waals surface area (Å²) < 4.78 is 16.2. The summed E-state index contributed by atoms with van der Waals surface area (Å²) in [6.45, 7) is 7.56. The van der Waals surface area contributed by atoms with Gasteiger partial charge in [0.15, 0.2) is 0 Å². The molecule has 0 bridgehead atoms. The van der Waals surface area contributed by atoms with E-state index in [1.807, 2.05) is 39.0 Å². The second-order valence-electron chi connectivity index (χ2n) is 7.49. The van der Waals surface area contributed by atoms with E-state index < -0.39 is 5.60 Å². The fourth-order valence-corrected chi connectivity index (χ4v) is 3.23. The van der Waals surface area contributed by atoms with Crippen LogP contribution in [0, 0.1) is 0 Å². The second kappa shape index (κ2) is 8.60. The molecule has 0 aliphatic carbocycles. The van der Waals surface area contributed by atoms with Gasteiger partial charge in [-0.1, -0.05) is 0 Å². The monoisotopic (exact) mass is 365 g/mol. The number of hydrogen-bond donors (Lipinski definition) is 2. The van der Waals surface area contributed by atoms with Crippen LogP contribution in [0.3, 0.4) is 0 Å². The van der Waals surface area contributed by atoms with E-state index in [1.165, 1.54) is 0 Å². The van der Waals surface area contributed by atoms with Crippen LogP contribution in [0.5, 0.6) is 11.5 Å². The van der Waals surface area contributed by atoms with Gasteiger partial charge in [-0.3, -0.25) is 4.90 Å². The summed E-state index contributed by atoms with van der Waals surface area (Å²) in [4.78, 5) is 14.3. The minimum Gasteiger partial charge on any atom is -0.497 e. The molecule has 7 nitrogen and oxygen atoms in total. The Bertz CT molecular complexity index is 615. The van der Waals surface area contributed by atoms with E-state index in [-0.39, 0.29) is 18.2 Å². The number of amides is 1. The zero-order valence-corrected chi connectivity index (χ0v) is 16.4. The Morgan fingerprint density at radius 1 is 1.35 bits per heavy atom. The molecule has 0 saturated carbocycles. The number of carbonyl (C=O) groups is 1. The molecule has 1 heterocycles. The summed E-state index contributed by atoms with van der Waals surface area (Å²) in [7, 11) is 3.29. The predicted molar refractivity (Wildman–Crippen MR) is 101 cm³/mol. The smallest absolute Gasteiger partial charge is 0.407 e. The number of nitrogens with two attached hydrogens (primary N) is 1. The van der Waals surface area contributed by atoms with Crippen LogP contribution in [-0.4, -0.2) is 56.5 Å². The highest BCUT2D eigenvalue weighted by molar-refractivity contribution is 5.68. The lowest BCUT2D eigenvalue weighted by atomic mass is 10.0. The van der Waals surface area contributed by atoms with Crippen molar-refractivity contribution in [3.05, 3.63) is 23.8 Å². The van der Waals surface area contributed by atoms with Crippen LogP contribution < -0.4 is 20.5 Å². The molecule has 146 valence electrons. The lowest BCUT2D eigenvalue weighted by molar-refractivity contribution is 0.0504. The molecular weight excluding hydrogens is 334 g/mol. The zero-order chi connectivity index (χ0) is 19.3. The van der Waals surface area contributed by atoms with Crippen LogP contribution in [0.2, 0.25) is 0 Å². The van der Waals surface area contributed by atoms with Crippen molar-refractivity contribution >= 4 is 6.09 Å². The van der Waals surface area contributed by atoms with Crippen molar-refractivity contribution in [1.82, 2.24) is 10.2 Å². The van der Waals surface area contributed by atoms with Crippen molar-refractivity contribution in [2.24, 2.45) is 5.73 Å². The van der Waals surface area contributed by atoms with E-state index in [2.05, 4.69) is 10.2 Å². The Kier molecular flexibility index (Phi) is 6.72. The quantitative estimate of drug-likeness (QED) is 0.804. The van der Waals surface area contributed by atoms with Gasteiger partial charge in [0, 0.05) is 31.2 Å². The first-order valence-corrected chi connectivity index (χ1v) is 8.93. The summed E-state index contributed by atoms with van der Waals surface area (Å²) in [6.07, 6.45) is 0.467. The summed E-state index contributed by atoms with van der Waals surface area (Å²) in [6, 6.07) is 5.75. The van der Waals surface area contributed by atoms with E-state index in [4.69, 9.17) is 19.9 Å². The average Bonchev–Trinajstić information content (AvgIpc) is 3.01. The van der Waals surface area contributed by atoms with Gasteiger partial charge in [0.1, 0.15) is 17.1 Å². The van der Waals surface area contributed by atoms with Gasteiger partial charge in [0.05, 0.1) is 20.3 Å². The number of rotatable bonds is 6. The Hall–Kier alpha value is -1.99. The number of carbonyl (C=O) groups excluding carboxylic acids is 1. The summed E-state index contributed by atoms with van der Waals surface area (Å²) in [5.41, 5.74) is 6.57.